The molecular weight excluding hydrogens is 358 g/mol. The van der Waals surface area contributed by atoms with Crippen LogP contribution in [0.15, 0.2) is 48.0 Å². The zero-order valence-electron chi connectivity index (χ0n) is 14.9. The molecule has 1 fully saturated rings. The van der Waals surface area contributed by atoms with Crippen LogP contribution >= 0.6 is 11.3 Å². The summed E-state index contributed by atoms with van der Waals surface area (Å²) in [6.07, 6.45) is 4.34. The lowest BCUT2D eigenvalue weighted by Gasteiger charge is -2.23. The average Bonchev–Trinajstić information content (AvgIpc) is 3.45. The van der Waals surface area contributed by atoms with Gasteiger partial charge in [0.1, 0.15) is 18.2 Å². The minimum Gasteiger partial charge on any atom is -0.486 e. The Kier molecular flexibility index (Phi) is 4.51. The summed E-state index contributed by atoms with van der Waals surface area (Å²) in [5.41, 5.74) is 3.25. The molecular formula is C21H21N3O2S. The second-order valence-corrected chi connectivity index (χ2v) is 7.82. The van der Waals surface area contributed by atoms with Gasteiger partial charge in [-0.1, -0.05) is 12.1 Å². The summed E-state index contributed by atoms with van der Waals surface area (Å²) in [6.45, 7) is 1.99. The van der Waals surface area contributed by atoms with Gasteiger partial charge in [0.25, 0.3) is 0 Å². The van der Waals surface area contributed by atoms with Gasteiger partial charge in [-0.25, -0.2) is 4.98 Å². The van der Waals surface area contributed by atoms with E-state index >= 15 is 0 Å². The molecule has 138 valence electrons. The zero-order valence-corrected chi connectivity index (χ0v) is 15.7. The second kappa shape index (κ2) is 7.29. The number of benzene rings is 1. The Hall–Kier alpha value is -2.44. The highest BCUT2D eigenvalue weighted by Crippen LogP contribution is 2.43. The van der Waals surface area contributed by atoms with Crippen LogP contribution in [0.4, 0.5) is 0 Å². The van der Waals surface area contributed by atoms with Gasteiger partial charge in [0.2, 0.25) is 0 Å². The molecule has 2 aliphatic rings. The summed E-state index contributed by atoms with van der Waals surface area (Å²) in [5.74, 6) is 2.39. The number of hydrogen-bond donors (Lipinski definition) is 1. The van der Waals surface area contributed by atoms with Crippen LogP contribution in [0.25, 0.3) is 10.7 Å². The van der Waals surface area contributed by atoms with Crippen LogP contribution in [0.3, 0.4) is 0 Å². The van der Waals surface area contributed by atoms with Crippen molar-refractivity contribution in [2.24, 2.45) is 5.92 Å². The maximum absolute atomic E-state index is 5.76. The number of thiazole rings is 1. The number of nitrogens with one attached hydrogen (secondary N) is 1. The molecule has 3 heterocycles. The first kappa shape index (κ1) is 16.7. The van der Waals surface area contributed by atoms with Crippen molar-refractivity contribution in [3.8, 4) is 22.2 Å². The molecule has 27 heavy (non-hydrogen) atoms. The first-order valence-electron chi connectivity index (χ1n) is 9.35. The van der Waals surface area contributed by atoms with Crippen LogP contribution < -0.4 is 14.8 Å². The highest BCUT2D eigenvalue weighted by atomic mass is 32.1. The molecule has 0 saturated heterocycles. The van der Waals surface area contributed by atoms with Crippen LogP contribution in [0.2, 0.25) is 0 Å². The monoisotopic (exact) mass is 379 g/mol. The largest absolute Gasteiger partial charge is 0.486 e. The Morgan fingerprint density at radius 3 is 2.81 bits per heavy atom. The van der Waals surface area contributed by atoms with Crippen molar-refractivity contribution in [1.82, 2.24) is 15.3 Å². The summed E-state index contributed by atoms with van der Waals surface area (Å²) >= 11 is 1.64. The molecule has 5 nitrogen and oxygen atoms in total. The molecule has 1 unspecified atom stereocenters. The van der Waals surface area contributed by atoms with E-state index in [2.05, 4.69) is 27.8 Å². The number of aromatic nitrogens is 2. The van der Waals surface area contributed by atoms with Gasteiger partial charge in [0.05, 0.1) is 11.4 Å². The minimum absolute atomic E-state index is 0.320. The van der Waals surface area contributed by atoms with Crippen LogP contribution in [0.5, 0.6) is 11.5 Å². The molecule has 1 atom stereocenters. The van der Waals surface area contributed by atoms with E-state index in [1.807, 2.05) is 24.3 Å². The van der Waals surface area contributed by atoms with E-state index in [1.54, 1.807) is 17.5 Å². The molecule has 1 N–H and O–H groups in total. The topological polar surface area (TPSA) is 56.3 Å². The SMILES string of the molecule is c1ccc(-c2nc(CNC(c3ccc4c(c3)OCCO4)C3CC3)cs2)nc1. The van der Waals surface area contributed by atoms with E-state index in [4.69, 9.17) is 14.5 Å². The third-order valence-corrected chi connectivity index (χ3v) is 5.87. The molecule has 5 rings (SSSR count). The molecule has 1 saturated carbocycles. The normalized spacial score (nSPS) is 16.9. The maximum Gasteiger partial charge on any atom is 0.161 e. The number of hydrogen-bond acceptors (Lipinski definition) is 6. The number of nitrogens with zero attached hydrogens (tertiary/aromatic N) is 2. The van der Waals surface area contributed by atoms with Gasteiger partial charge in [-0.3, -0.25) is 4.98 Å². The van der Waals surface area contributed by atoms with Gasteiger partial charge in [-0.05, 0) is 48.6 Å². The van der Waals surface area contributed by atoms with Gasteiger partial charge in [0.15, 0.2) is 11.5 Å². The first-order valence-corrected chi connectivity index (χ1v) is 10.2. The van der Waals surface area contributed by atoms with Crippen LogP contribution in [0.1, 0.15) is 30.1 Å². The average molecular weight is 379 g/mol. The quantitative estimate of drug-likeness (QED) is 0.695. The van der Waals surface area contributed by atoms with E-state index < -0.39 is 0 Å². The van der Waals surface area contributed by atoms with Gasteiger partial charge < -0.3 is 14.8 Å². The second-order valence-electron chi connectivity index (χ2n) is 6.96. The van der Waals surface area contributed by atoms with Gasteiger partial charge in [0, 0.05) is 24.2 Å². The fourth-order valence-electron chi connectivity index (χ4n) is 3.45. The molecule has 0 bridgehead atoms. The van der Waals surface area contributed by atoms with Crippen molar-refractivity contribution in [2.75, 3.05) is 13.2 Å². The first-order chi connectivity index (χ1) is 13.4. The lowest BCUT2D eigenvalue weighted by molar-refractivity contribution is 0.171. The Bertz CT molecular complexity index is 924. The van der Waals surface area contributed by atoms with Gasteiger partial charge >= 0.3 is 0 Å². The molecule has 1 aromatic carbocycles. The van der Waals surface area contributed by atoms with E-state index in [0.29, 0.717) is 25.2 Å². The Morgan fingerprint density at radius 1 is 1.11 bits per heavy atom. The zero-order chi connectivity index (χ0) is 18.1. The molecule has 6 heteroatoms. The fraction of sp³-hybridized carbons (Fsp3) is 0.333. The molecule has 1 aliphatic heterocycles. The fourth-order valence-corrected chi connectivity index (χ4v) is 4.24. The van der Waals surface area contributed by atoms with Crippen molar-refractivity contribution in [3.05, 3.63) is 59.2 Å². The summed E-state index contributed by atoms with van der Waals surface area (Å²) in [6, 6.07) is 12.6. The van der Waals surface area contributed by atoms with E-state index in [-0.39, 0.29) is 0 Å². The van der Waals surface area contributed by atoms with E-state index in [0.717, 1.165) is 34.4 Å². The molecule has 2 aromatic heterocycles. The highest BCUT2D eigenvalue weighted by Gasteiger charge is 2.32. The lowest BCUT2D eigenvalue weighted by atomic mass is 10.0. The Morgan fingerprint density at radius 2 is 2.00 bits per heavy atom. The molecule has 3 aromatic rings. The number of rotatable bonds is 6. The summed E-state index contributed by atoms with van der Waals surface area (Å²) in [5, 5.41) is 6.80. The van der Waals surface area contributed by atoms with Crippen molar-refractivity contribution in [2.45, 2.75) is 25.4 Å². The van der Waals surface area contributed by atoms with Crippen LogP contribution in [-0.2, 0) is 6.54 Å². The van der Waals surface area contributed by atoms with Gasteiger partial charge in [-0.15, -0.1) is 11.3 Å². The van der Waals surface area contributed by atoms with Crippen LogP contribution in [0, 0.1) is 5.92 Å². The summed E-state index contributed by atoms with van der Waals surface area (Å²) in [7, 11) is 0. The molecule has 0 spiro atoms. The van der Waals surface area contributed by atoms with Crippen molar-refractivity contribution < 1.29 is 9.47 Å². The standard InChI is InChI=1S/C21H21N3O2S/c1-2-8-22-17(3-1)21-24-16(13-27-21)12-23-20(14-4-5-14)15-6-7-18-19(11-15)26-10-9-25-18/h1-3,6-8,11,13-14,20,23H,4-5,9-10,12H2. The predicted octanol–water partition coefficient (Wildman–Crippen LogP) is 4.22. The Balaban J connectivity index is 1.31. The summed E-state index contributed by atoms with van der Waals surface area (Å²) in [4.78, 5) is 9.13. The number of pyridine rings is 1. The molecule has 0 amide bonds. The van der Waals surface area contributed by atoms with E-state index in [9.17, 15) is 0 Å². The molecule has 1 aliphatic carbocycles. The summed E-state index contributed by atoms with van der Waals surface area (Å²) < 4.78 is 11.4. The number of ether oxygens (including phenoxy) is 2. The Labute approximate surface area is 162 Å². The lowest BCUT2D eigenvalue weighted by Crippen LogP contribution is -2.23. The van der Waals surface area contributed by atoms with Crippen molar-refractivity contribution in [3.63, 3.8) is 0 Å². The van der Waals surface area contributed by atoms with Gasteiger partial charge in [-0.2, -0.15) is 0 Å². The van der Waals surface area contributed by atoms with Crippen LogP contribution in [-0.4, -0.2) is 23.2 Å². The number of fused-ring (bicyclic) bond motifs is 1. The maximum atomic E-state index is 5.76. The molecule has 0 radical (unpaired) electrons. The predicted molar refractivity (Wildman–Crippen MR) is 105 cm³/mol. The smallest absolute Gasteiger partial charge is 0.161 e. The third kappa shape index (κ3) is 3.68. The minimum atomic E-state index is 0.320. The van der Waals surface area contributed by atoms with Crippen molar-refractivity contribution >= 4 is 11.3 Å². The van der Waals surface area contributed by atoms with E-state index in [1.165, 1.54) is 18.4 Å². The third-order valence-electron chi connectivity index (χ3n) is 4.96. The highest BCUT2D eigenvalue weighted by molar-refractivity contribution is 7.13. The van der Waals surface area contributed by atoms with Crippen molar-refractivity contribution in [1.29, 1.82) is 0 Å².